The first-order chi connectivity index (χ1) is 4.24. The van der Waals surface area contributed by atoms with Crippen molar-refractivity contribution in [3.63, 3.8) is 0 Å². The minimum atomic E-state index is -0.838. The monoisotopic (exact) mass is 128 g/mol. The maximum Gasteiger partial charge on any atom is 0.519 e. The molecule has 0 radical (unpaired) electrons. The van der Waals surface area contributed by atoms with E-state index in [1.807, 2.05) is 0 Å². The van der Waals surface area contributed by atoms with Crippen LogP contribution in [0.15, 0.2) is 13.6 Å². The van der Waals surface area contributed by atoms with Crippen LogP contribution in [0.4, 0.5) is 0 Å². The fourth-order valence-corrected chi connectivity index (χ4v) is 0.465. The summed E-state index contributed by atoms with van der Waals surface area (Å²) in [4.78, 5) is 20.1. The van der Waals surface area contributed by atoms with Gasteiger partial charge < -0.3 is 8.83 Å². The lowest BCUT2D eigenvalue weighted by Crippen LogP contribution is -1.85. The summed E-state index contributed by atoms with van der Waals surface area (Å²) < 4.78 is 8.63. The van der Waals surface area contributed by atoms with Gasteiger partial charge in [0.15, 0.2) is 12.0 Å². The molecule has 1 rings (SSSR count). The Kier molecular flexibility index (Phi) is 1.22. The molecule has 4 nitrogen and oxygen atoms in total. The van der Waals surface area contributed by atoms with Crippen molar-refractivity contribution in [2.75, 3.05) is 0 Å². The summed E-state index contributed by atoms with van der Waals surface area (Å²) in [5, 5.41) is 0. The lowest BCUT2D eigenvalue weighted by molar-refractivity contribution is 0.109. The number of aldehydes is 1. The molecule has 0 saturated carbocycles. The van der Waals surface area contributed by atoms with E-state index in [2.05, 4.69) is 8.83 Å². The average Bonchev–Trinajstić information content (AvgIpc) is 2.10. The van der Waals surface area contributed by atoms with Gasteiger partial charge in [0.25, 0.3) is 0 Å². The Morgan fingerprint density at radius 1 is 1.44 bits per heavy atom. The Balaban J connectivity index is 3.31. The molecule has 4 heteroatoms. The van der Waals surface area contributed by atoms with Crippen molar-refractivity contribution in [2.24, 2.45) is 0 Å². The SMILES string of the molecule is Cc1oc(=O)oc1C=O. The standard InChI is InChI=1S/C5H4O4/c1-3-4(2-6)9-5(7)8-3/h2H,1H3. The van der Waals surface area contributed by atoms with Crippen molar-refractivity contribution < 1.29 is 13.6 Å². The van der Waals surface area contributed by atoms with Crippen LogP contribution in [-0.2, 0) is 0 Å². The minimum Gasteiger partial charge on any atom is -0.395 e. The van der Waals surface area contributed by atoms with E-state index in [1.165, 1.54) is 6.92 Å². The summed E-state index contributed by atoms with van der Waals surface area (Å²) in [7, 11) is 0. The summed E-state index contributed by atoms with van der Waals surface area (Å²) >= 11 is 0. The Morgan fingerprint density at radius 3 is 2.33 bits per heavy atom. The predicted molar refractivity (Wildman–Crippen MR) is 27.4 cm³/mol. The second-order valence-electron chi connectivity index (χ2n) is 1.49. The molecule has 9 heavy (non-hydrogen) atoms. The number of hydrogen-bond acceptors (Lipinski definition) is 4. The van der Waals surface area contributed by atoms with E-state index in [4.69, 9.17) is 0 Å². The molecule has 0 atom stereocenters. The molecule has 0 amide bonds. The molecule has 1 aromatic rings. The van der Waals surface area contributed by atoms with Gasteiger partial charge in [-0.05, 0) is 6.92 Å². The molecule has 0 aliphatic rings. The number of carbonyl (C=O) groups is 1. The molecule has 0 bridgehead atoms. The van der Waals surface area contributed by atoms with Crippen molar-refractivity contribution in [3.8, 4) is 0 Å². The second-order valence-corrected chi connectivity index (χ2v) is 1.49. The number of rotatable bonds is 1. The smallest absolute Gasteiger partial charge is 0.395 e. The van der Waals surface area contributed by atoms with Crippen LogP contribution in [-0.4, -0.2) is 6.29 Å². The summed E-state index contributed by atoms with van der Waals surface area (Å²) in [5.41, 5.74) is 0. The maximum atomic E-state index is 10.2. The molecule has 0 fully saturated rings. The van der Waals surface area contributed by atoms with Gasteiger partial charge in [-0.2, -0.15) is 0 Å². The predicted octanol–water partition coefficient (Wildman–Crippen LogP) is 0.354. The van der Waals surface area contributed by atoms with Crippen LogP contribution in [0.2, 0.25) is 0 Å². The van der Waals surface area contributed by atoms with Gasteiger partial charge in [0, 0.05) is 0 Å². The number of aryl methyl sites for hydroxylation is 1. The molecule has 0 aliphatic heterocycles. The van der Waals surface area contributed by atoms with Crippen LogP contribution in [0.1, 0.15) is 16.3 Å². The third-order valence-corrected chi connectivity index (χ3v) is 0.884. The van der Waals surface area contributed by atoms with E-state index >= 15 is 0 Å². The molecule has 0 unspecified atom stereocenters. The average molecular weight is 128 g/mol. The summed E-state index contributed by atoms with van der Waals surface area (Å²) in [6.07, 6.45) is 0.431. The van der Waals surface area contributed by atoms with E-state index in [1.54, 1.807) is 0 Å². The van der Waals surface area contributed by atoms with Crippen LogP contribution in [0.3, 0.4) is 0 Å². The fraction of sp³-hybridized carbons (Fsp3) is 0.200. The fourth-order valence-electron chi connectivity index (χ4n) is 0.465. The largest absolute Gasteiger partial charge is 0.519 e. The molecule has 1 heterocycles. The maximum absolute atomic E-state index is 10.2. The second kappa shape index (κ2) is 1.89. The van der Waals surface area contributed by atoms with E-state index in [-0.39, 0.29) is 11.5 Å². The first kappa shape index (κ1) is 5.81. The normalized spacial score (nSPS) is 9.44. The van der Waals surface area contributed by atoms with Crippen molar-refractivity contribution in [3.05, 3.63) is 22.1 Å². The van der Waals surface area contributed by atoms with E-state index < -0.39 is 5.82 Å². The Bertz CT molecular complexity index is 267. The van der Waals surface area contributed by atoms with Crippen LogP contribution in [0, 0.1) is 6.92 Å². The first-order valence-electron chi connectivity index (χ1n) is 2.29. The Labute approximate surface area is 50.1 Å². The van der Waals surface area contributed by atoms with Gasteiger partial charge in [0.1, 0.15) is 0 Å². The van der Waals surface area contributed by atoms with E-state index in [0.717, 1.165) is 0 Å². The van der Waals surface area contributed by atoms with Crippen molar-refractivity contribution in [1.29, 1.82) is 0 Å². The Morgan fingerprint density at radius 2 is 2.11 bits per heavy atom. The van der Waals surface area contributed by atoms with Crippen molar-refractivity contribution in [1.82, 2.24) is 0 Å². The summed E-state index contributed by atoms with van der Waals surface area (Å²) in [5.74, 6) is -0.662. The molecule has 0 aliphatic carbocycles. The highest BCUT2D eigenvalue weighted by molar-refractivity contribution is 5.71. The summed E-state index contributed by atoms with van der Waals surface area (Å²) in [6, 6.07) is 0. The highest BCUT2D eigenvalue weighted by Crippen LogP contribution is 1.99. The highest BCUT2D eigenvalue weighted by Gasteiger charge is 2.04. The topological polar surface area (TPSA) is 60.4 Å². The van der Waals surface area contributed by atoms with Gasteiger partial charge in [-0.15, -0.1) is 0 Å². The van der Waals surface area contributed by atoms with Gasteiger partial charge in [-0.3, -0.25) is 4.79 Å². The van der Waals surface area contributed by atoms with Crippen LogP contribution < -0.4 is 5.82 Å². The molecule has 0 N–H and O–H groups in total. The van der Waals surface area contributed by atoms with Crippen LogP contribution in [0.25, 0.3) is 0 Å². The van der Waals surface area contributed by atoms with Crippen LogP contribution >= 0.6 is 0 Å². The van der Waals surface area contributed by atoms with Gasteiger partial charge in [0.2, 0.25) is 5.76 Å². The lowest BCUT2D eigenvalue weighted by atomic mass is 10.4. The van der Waals surface area contributed by atoms with E-state index in [9.17, 15) is 9.59 Å². The molecule has 0 aromatic carbocycles. The molecule has 48 valence electrons. The minimum absolute atomic E-state index is 0.0417. The lowest BCUT2D eigenvalue weighted by Gasteiger charge is -1.73. The zero-order valence-electron chi connectivity index (χ0n) is 4.71. The summed E-state index contributed by atoms with van der Waals surface area (Å²) in [6.45, 7) is 1.48. The highest BCUT2D eigenvalue weighted by atomic mass is 16.6. The molecular weight excluding hydrogens is 124 g/mol. The third kappa shape index (κ3) is 0.910. The van der Waals surface area contributed by atoms with Gasteiger partial charge in [-0.25, -0.2) is 4.79 Å². The third-order valence-electron chi connectivity index (χ3n) is 0.884. The number of hydrogen-bond donors (Lipinski definition) is 0. The molecule has 0 saturated heterocycles. The van der Waals surface area contributed by atoms with Crippen molar-refractivity contribution >= 4 is 6.29 Å². The van der Waals surface area contributed by atoms with Gasteiger partial charge >= 0.3 is 5.82 Å². The van der Waals surface area contributed by atoms with Gasteiger partial charge in [-0.1, -0.05) is 0 Å². The van der Waals surface area contributed by atoms with Crippen LogP contribution in [0.5, 0.6) is 0 Å². The number of carbonyl (C=O) groups excluding carboxylic acids is 1. The van der Waals surface area contributed by atoms with E-state index in [0.29, 0.717) is 6.29 Å². The molecular formula is C5H4O4. The van der Waals surface area contributed by atoms with Crippen molar-refractivity contribution in [2.45, 2.75) is 6.92 Å². The molecule has 0 spiro atoms. The Hall–Kier alpha value is -1.32. The zero-order valence-corrected chi connectivity index (χ0v) is 4.71. The quantitative estimate of drug-likeness (QED) is 0.512. The first-order valence-corrected chi connectivity index (χ1v) is 2.29. The zero-order chi connectivity index (χ0) is 6.85. The molecule has 1 aromatic heterocycles. The van der Waals surface area contributed by atoms with Gasteiger partial charge in [0.05, 0.1) is 0 Å².